The summed E-state index contributed by atoms with van der Waals surface area (Å²) in [4.78, 5) is 14.4. The first-order valence-corrected chi connectivity index (χ1v) is 7.45. The molecule has 0 atom stereocenters. The molecule has 0 unspecified atom stereocenters. The quantitative estimate of drug-likeness (QED) is 0.789. The van der Waals surface area contributed by atoms with Gasteiger partial charge in [0, 0.05) is 23.0 Å². The van der Waals surface area contributed by atoms with Gasteiger partial charge < -0.3 is 4.90 Å². The molecule has 2 rings (SSSR count). The summed E-state index contributed by atoms with van der Waals surface area (Å²) < 4.78 is 1.02. The van der Waals surface area contributed by atoms with E-state index in [1.807, 2.05) is 24.3 Å². The van der Waals surface area contributed by atoms with Gasteiger partial charge in [0.05, 0.1) is 0 Å². The normalized spacial score (nSPS) is 17.9. The van der Waals surface area contributed by atoms with E-state index in [2.05, 4.69) is 27.8 Å². The lowest BCUT2D eigenvalue weighted by atomic mass is 9.99. The third-order valence-electron chi connectivity index (χ3n) is 3.70. The molecule has 1 aromatic carbocycles. The summed E-state index contributed by atoms with van der Waals surface area (Å²) in [6, 6.07) is 7.64. The molecule has 0 spiro atoms. The Labute approximate surface area is 117 Å². The van der Waals surface area contributed by atoms with Gasteiger partial charge in [0.1, 0.15) is 0 Å². The second-order valence-corrected chi connectivity index (χ2v) is 6.12. The molecule has 1 aliphatic rings. The van der Waals surface area contributed by atoms with E-state index in [9.17, 15) is 4.79 Å². The van der Waals surface area contributed by atoms with E-state index >= 15 is 0 Å². The van der Waals surface area contributed by atoms with Crippen LogP contribution in [0.4, 0.5) is 0 Å². The van der Waals surface area contributed by atoms with Crippen LogP contribution in [-0.4, -0.2) is 30.3 Å². The molecule has 1 heterocycles. The van der Waals surface area contributed by atoms with Gasteiger partial charge in [0.15, 0.2) is 5.78 Å². The van der Waals surface area contributed by atoms with Crippen LogP contribution in [0.1, 0.15) is 36.5 Å². The molecule has 0 N–H and O–H groups in total. The second-order valence-electron chi connectivity index (χ2n) is 5.20. The predicted octanol–water partition coefficient (Wildman–Crippen LogP) is 3.75. The SMILES string of the molecule is CC1CCN(CCC(=O)c2ccc(Br)cc2)CC1. The number of Topliss-reactive ketones (excluding diaryl/α,β-unsaturated/α-hetero) is 1. The van der Waals surface area contributed by atoms with Gasteiger partial charge in [-0.1, -0.05) is 35.0 Å². The number of ketones is 1. The molecule has 0 aliphatic carbocycles. The van der Waals surface area contributed by atoms with E-state index in [0.29, 0.717) is 6.42 Å². The van der Waals surface area contributed by atoms with Gasteiger partial charge in [-0.3, -0.25) is 4.79 Å². The fraction of sp³-hybridized carbons (Fsp3) is 0.533. The average molecular weight is 310 g/mol. The van der Waals surface area contributed by atoms with Gasteiger partial charge in [-0.25, -0.2) is 0 Å². The van der Waals surface area contributed by atoms with Crippen LogP contribution in [0.5, 0.6) is 0 Å². The molecule has 0 amide bonds. The van der Waals surface area contributed by atoms with Crippen LogP contribution < -0.4 is 0 Å². The average Bonchev–Trinajstić information content (AvgIpc) is 2.38. The summed E-state index contributed by atoms with van der Waals surface area (Å²) in [7, 11) is 0. The van der Waals surface area contributed by atoms with Gasteiger partial charge in [-0.2, -0.15) is 0 Å². The van der Waals surface area contributed by atoms with Crippen molar-refractivity contribution in [3.05, 3.63) is 34.3 Å². The highest BCUT2D eigenvalue weighted by molar-refractivity contribution is 9.10. The van der Waals surface area contributed by atoms with Gasteiger partial charge in [0.25, 0.3) is 0 Å². The van der Waals surface area contributed by atoms with E-state index < -0.39 is 0 Å². The van der Waals surface area contributed by atoms with Crippen molar-refractivity contribution in [3.63, 3.8) is 0 Å². The van der Waals surface area contributed by atoms with Crippen LogP contribution in [0, 0.1) is 5.92 Å². The van der Waals surface area contributed by atoms with Crippen LogP contribution in [-0.2, 0) is 0 Å². The number of benzene rings is 1. The molecule has 1 aliphatic heterocycles. The lowest BCUT2D eigenvalue weighted by Gasteiger charge is -2.29. The minimum Gasteiger partial charge on any atom is -0.303 e. The lowest BCUT2D eigenvalue weighted by Crippen LogP contribution is -2.34. The maximum absolute atomic E-state index is 12.0. The van der Waals surface area contributed by atoms with Gasteiger partial charge in [-0.15, -0.1) is 0 Å². The zero-order valence-electron chi connectivity index (χ0n) is 10.9. The Morgan fingerprint density at radius 1 is 1.28 bits per heavy atom. The van der Waals surface area contributed by atoms with Gasteiger partial charge >= 0.3 is 0 Å². The lowest BCUT2D eigenvalue weighted by molar-refractivity contribution is 0.0953. The summed E-state index contributed by atoms with van der Waals surface area (Å²) >= 11 is 3.38. The van der Waals surface area contributed by atoms with Crippen LogP contribution in [0.3, 0.4) is 0 Å². The fourth-order valence-corrected chi connectivity index (χ4v) is 2.59. The Hall–Kier alpha value is -0.670. The van der Waals surface area contributed by atoms with E-state index in [-0.39, 0.29) is 5.78 Å². The van der Waals surface area contributed by atoms with Crippen molar-refractivity contribution >= 4 is 21.7 Å². The second kappa shape index (κ2) is 6.48. The summed E-state index contributed by atoms with van der Waals surface area (Å²) in [5, 5.41) is 0. The number of carbonyl (C=O) groups excluding carboxylic acids is 1. The molecule has 1 saturated heterocycles. The number of likely N-dealkylation sites (tertiary alicyclic amines) is 1. The summed E-state index contributed by atoms with van der Waals surface area (Å²) in [6.45, 7) is 5.51. The van der Waals surface area contributed by atoms with Crippen molar-refractivity contribution < 1.29 is 4.79 Å². The third kappa shape index (κ3) is 3.92. The molecule has 2 nitrogen and oxygen atoms in total. The Bertz CT molecular complexity index is 393. The highest BCUT2D eigenvalue weighted by Crippen LogP contribution is 2.17. The molecule has 18 heavy (non-hydrogen) atoms. The predicted molar refractivity (Wildman–Crippen MR) is 77.9 cm³/mol. The van der Waals surface area contributed by atoms with Crippen molar-refractivity contribution in [3.8, 4) is 0 Å². The molecule has 0 aromatic heterocycles. The topological polar surface area (TPSA) is 20.3 Å². The minimum absolute atomic E-state index is 0.251. The first-order valence-electron chi connectivity index (χ1n) is 6.66. The van der Waals surface area contributed by atoms with Gasteiger partial charge in [0.2, 0.25) is 0 Å². The Kier molecular flexibility index (Phi) is 4.95. The number of carbonyl (C=O) groups is 1. The molecular formula is C15H20BrNO. The monoisotopic (exact) mass is 309 g/mol. The molecule has 0 radical (unpaired) electrons. The molecule has 0 bridgehead atoms. The maximum Gasteiger partial charge on any atom is 0.164 e. The maximum atomic E-state index is 12.0. The van der Waals surface area contributed by atoms with Crippen molar-refractivity contribution in [1.29, 1.82) is 0 Å². The number of nitrogens with zero attached hydrogens (tertiary/aromatic N) is 1. The molecule has 3 heteroatoms. The fourth-order valence-electron chi connectivity index (χ4n) is 2.33. The summed E-state index contributed by atoms with van der Waals surface area (Å²) in [5.41, 5.74) is 0.823. The number of piperidine rings is 1. The number of halogens is 1. The number of rotatable bonds is 4. The first kappa shape index (κ1) is 13.8. The first-order chi connectivity index (χ1) is 8.65. The van der Waals surface area contributed by atoms with E-state index in [1.165, 1.54) is 12.8 Å². The van der Waals surface area contributed by atoms with Crippen molar-refractivity contribution in [2.45, 2.75) is 26.2 Å². The standard InChI is InChI=1S/C15H20BrNO/c1-12-6-9-17(10-7-12)11-8-15(18)13-2-4-14(16)5-3-13/h2-5,12H,6-11H2,1H3. The van der Waals surface area contributed by atoms with Crippen LogP contribution in [0.15, 0.2) is 28.7 Å². The van der Waals surface area contributed by atoms with E-state index in [1.54, 1.807) is 0 Å². The Morgan fingerprint density at radius 3 is 2.50 bits per heavy atom. The Balaban J connectivity index is 1.79. The van der Waals surface area contributed by atoms with E-state index in [0.717, 1.165) is 35.6 Å². The zero-order chi connectivity index (χ0) is 13.0. The number of hydrogen-bond donors (Lipinski definition) is 0. The van der Waals surface area contributed by atoms with E-state index in [4.69, 9.17) is 0 Å². The zero-order valence-corrected chi connectivity index (χ0v) is 12.4. The van der Waals surface area contributed by atoms with Crippen molar-refractivity contribution in [2.24, 2.45) is 5.92 Å². The highest BCUT2D eigenvalue weighted by Gasteiger charge is 2.16. The third-order valence-corrected chi connectivity index (χ3v) is 4.23. The molecular weight excluding hydrogens is 290 g/mol. The summed E-state index contributed by atoms with van der Waals surface area (Å²) in [6.07, 6.45) is 3.18. The molecule has 1 fully saturated rings. The molecule has 0 saturated carbocycles. The molecule has 98 valence electrons. The summed E-state index contributed by atoms with van der Waals surface area (Å²) in [5.74, 6) is 1.10. The van der Waals surface area contributed by atoms with Crippen molar-refractivity contribution in [1.82, 2.24) is 4.90 Å². The number of hydrogen-bond acceptors (Lipinski definition) is 2. The van der Waals surface area contributed by atoms with Crippen molar-refractivity contribution in [2.75, 3.05) is 19.6 Å². The van der Waals surface area contributed by atoms with Crippen LogP contribution in [0.2, 0.25) is 0 Å². The highest BCUT2D eigenvalue weighted by atomic mass is 79.9. The van der Waals surface area contributed by atoms with Gasteiger partial charge in [-0.05, 0) is 44.0 Å². The van der Waals surface area contributed by atoms with Crippen LogP contribution in [0.25, 0.3) is 0 Å². The largest absolute Gasteiger partial charge is 0.303 e. The van der Waals surface area contributed by atoms with Crippen LogP contribution >= 0.6 is 15.9 Å². The molecule has 1 aromatic rings. The Morgan fingerprint density at radius 2 is 1.89 bits per heavy atom. The smallest absolute Gasteiger partial charge is 0.164 e. The minimum atomic E-state index is 0.251.